The summed E-state index contributed by atoms with van der Waals surface area (Å²) < 4.78 is 0. The fraction of sp³-hybridized carbons (Fsp3) is 0.964. The molecule has 6 heteroatoms. The lowest BCUT2D eigenvalue weighted by atomic mass is 9.99. The van der Waals surface area contributed by atoms with Crippen molar-refractivity contribution in [3.63, 3.8) is 0 Å². The van der Waals surface area contributed by atoms with Crippen molar-refractivity contribution in [3.8, 4) is 0 Å². The number of hydrogen-bond donors (Lipinski definition) is 5. The molecule has 0 radical (unpaired) electrons. The molecule has 5 N–H and O–H groups in total. The van der Waals surface area contributed by atoms with Crippen molar-refractivity contribution in [2.45, 2.75) is 167 Å². The first-order chi connectivity index (χ1) is 16.5. The summed E-state index contributed by atoms with van der Waals surface area (Å²) in [6.07, 6.45) is 18.9. The van der Waals surface area contributed by atoms with Crippen LogP contribution in [0.2, 0.25) is 0 Å². The van der Waals surface area contributed by atoms with Gasteiger partial charge in [0.05, 0.1) is 18.8 Å². The van der Waals surface area contributed by atoms with Crippen LogP contribution in [0, 0.1) is 0 Å². The predicted octanol–water partition coefficient (Wildman–Crippen LogP) is 5.39. The van der Waals surface area contributed by atoms with Crippen molar-refractivity contribution < 1.29 is 25.2 Å². The topological polar surface area (TPSA) is 110 Å². The van der Waals surface area contributed by atoms with Crippen molar-refractivity contribution in [2.24, 2.45) is 0 Å². The van der Waals surface area contributed by atoms with E-state index in [-0.39, 0.29) is 0 Å². The van der Waals surface area contributed by atoms with E-state index in [9.17, 15) is 25.2 Å². The minimum atomic E-state index is -1.25. The molecular weight excluding hydrogens is 430 g/mol. The second-order valence-corrected chi connectivity index (χ2v) is 10.1. The summed E-state index contributed by atoms with van der Waals surface area (Å²) in [6.45, 7) is 3.88. The Kier molecular flexibility index (Phi) is 23.5. The lowest BCUT2D eigenvalue weighted by Gasteiger charge is -2.27. The van der Waals surface area contributed by atoms with Crippen LogP contribution >= 0.6 is 0 Å². The number of aliphatic hydroxyl groups is 4. The molecule has 4 unspecified atom stereocenters. The number of carbonyl (C=O) groups is 1. The maximum absolute atomic E-state index is 12.2. The highest BCUT2D eigenvalue weighted by Crippen LogP contribution is 2.14. The van der Waals surface area contributed by atoms with E-state index >= 15 is 0 Å². The van der Waals surface area contributed by atoms with Gasteiger partial charge in [0.2, 0.25) is 5.91 Å². The minimum absolute atomic E-state index is 0.373. The van der Waals surface area contributed by atoms with E-state index in [1.807, 2.05) is 0 Å². The molecule has 0 aromatic heterocycles. The second kappa shape index (κ2) is 24.0. The summed E-state index contributed by atoms with van der Waals surface area (Å²) in [5, 5.41) is 42.6. The van der Waals surface area contributed by atoms with Gasteiger partial charge in [0.1, 0.15) is 12.2 Å². The summed E-state index contributed by atoms with van der Waals surface area (Å²) >= 11 is 0. The van der Waals surface area contributed by atoms with Gasteiger partial charge < -0.3 is 25.7 Å². The number of carbonyl (C=O) groups excluding carboxylic acids is 1. The zero-order chi connectivity index (χ0) is 25.4. The maximum Gasteiger partial charge on any atom is 0.249 e. The zero-order valence-corrected chi connectivity index (χ0v) is 22.4. The lowest BCUT2D eigenvalue weighted by Crippen LogP contribution is -2.53. The Morgan fingerprint density at radius 2 is 1.00 bits per heavy atom. The molecule has 0 aromatic carbocycles. The first kappa shape index (κ1) is 33.3. The van der Waals surface area contributed by atoms with E-state index in [0.717, 1.165) is 44.9 Å². The smallest absolute Gasteiger partial charge is 0.249 e. The molecule has 0 aliphatic carbocycles. The van der Waals surface area contributed by atoms with Gasteiger partial charge in [-0.25, -0.2) is 0 Å². The number of aliphatic hydroxyl groups excluding tert-OH is 4. The molecule has 0 bridgehead atoms. The van der Waals surface area contributed by atoms with Crippen LogP contribution in [0.3, 0.4) is 0 Å². The van der Waals surface area contributed by atoms with Crippen molar-refractivity contribution in [3.05, 3.63) is 0 Å². The van der Waals surface area contributed by atoms with E-state index in [4.69, 9.17) is 0 Å². The van der Waals surface area contributed by atoms with Crippen molar-refractivity contribution in [1.29, 1.82) is 0 Å². The number of amides is 1. The molecule has 204 valence electrons. The van der Waals surface area contributed by atoms with E-state index in [2.05, 4.69) is 19.2 Å². The van der Waals surface area contributed by atoms with Gasteiger partial charge in [0.25, 0.3) is 0 Å². The Labute approximate surface area is 209 Å². The first-order valence-corrected chi connectivity index (χ1v) is 14.4. The normalized spacial score (nSPS) is 15.1. The molecule has 0 spiro atoms. The molecule has 0 rings (SSSR count). The summed E-state index contributed by atoms with van der Waals surface area (Å²) in [6, 6.07) is -0.973. The predicted molar refractivity (Wildman–Crippen MR) is 141 cm³/mol. The molecular formula is C28H57NO5. The standard InChI is InChI=1S/C28H57NO5/c1-3-5-7-9-10-11-12-13-14-15-16-17-18-20-22-26(32)28(34)29-24(23-30)27(33)25(31)21-19-8-6-4-2/h24-27,30-33H,3-23H2,1-2H3,(H,29,34). The molecule has 0 aliphatic rings. The molecule has 0 aromatic rings. The number of hydrogen-bond acceptors (Lipinski definition) is 5. The molecule has 6 nitrogen and oxygen atoms in total. The van der Waals surface area contributed by atoms with Gasteiger partial charge in [-0.3, -0.25) is 4.79 Å². The van der Waals surface area contributed by atoms with Crippen LogP contribution in [0.4, 0.5) is 0 Å². The molecule has 0 saturated carbocycles. The van der Waals surface area contributed by atoms with Crippen molar-refractivity contribution >= 4 is 5.91 Å². The Morgan fingerprint density at radius 3 is 1.44 bits per heavy atom. The van der Waals surface area contributed by atoms with E-state index in [1.54, 1.807) is 0 Å². The van der Waals surface area contributed by atoms with Crippen LogP contribution in [0.1, 0.15) is 142 Å². The molecule has 1 amide bonds. The highest BCUT2D eigenvalue weighted by atomic mass is 16.3. The van der Waals surface area contributed by atoms with Gasteiger partial charge in [-0.05, 0) is 12.8 Å². The third kappa shape index (κ3) is 18.6. The summed E-state index contributed by atoms with van der Waals surface area (Å²) in [4.78, 5) is 12.2. The molecule has 0 fully saturated rings. The van der Waals surface area contributed by atoms with Crippen LogP contribution in [0.15, 0.2) is 0 Å². The monoisotopic (exact) mass is 487 g/mol. The molecule has 0 saturated heterocycles. The molecule has 0 heterocycles. The number of nitrogens with one attached hydrogen (secondary N) is 1. The van der Waals surface area contributed by atoms with E-state index < -0.39 is 36.9 Å². The minimum Gasteiger partial charge on any atom is -0.394 e. The van der Waals surface area contributed by atoms with Gasteiger partial charge in [0, 0.05) is 0 Å². The van der Waals surface area contributed by atoms with Crippen molar-refractivity contribution in [1.82, 2.24) is 5.32 Å². The third-order valence-electron chi connectivity index (χ3n) is 6.82. The lowest BCUT2D eigenvalue weighted by molar-refractivity contribution is -0.132. The van der Waals surface area contributed by atoms with Gasteiger partial charge in [-0.2, -0.15) is 0 Å². The van der Waals surface area contributed by atoms with Gasteiger partial charge >= 0.3 is 0 Å². The Morgan fingerprint density at radius 1 is 0.618 bits per heavy atom. The summed E-state index contributed by atoms with van der Waals surface area (Å²) in [5.74, 6) is -0.592. The molecule has 34 heavy (non-hydrogen) atoms. The Balaban J connectivity index is 3.79. The van der Waals surface area contributed by atoms with Crippen LogP contribution in [-0.4, -0.2) is 57.3 Å². The van der Waals surface area contributed by atoms with E-state index in [0.29, 0.717) is 12.8 Å². The highest BCUT2D eigenvalue weighted by molar-refractivity contribution is 5.80. The Bertz CT molecular complexity index is 449. The summed E-state index contributed by atoms with van der Waals surface area (Å²) in [5.41, 5.74) is 0. The van der Waals surface area contributed by atoms with Crippen LogP contribution in [0.5, 0.6) is 0 Å². The largest absolute Gasteiger partial charge is 0.394 e. The third-order valence-corrected chi connectivity index (χ3v) is 6.82. The zero-order valence-electron chi connectivity index (χ0n) is 22.4. The van der Waals surface area contributed by atoms with Gasteiger partial charge in [-0.1, -0.05) is 129 Å². The van der Waals surface area contributed by atoms with Gasteiger partial charge in [0.15, 0.2) is 0 Å². The average molecular weight is 488 g/mol. The fourth-order valence-corrected chi connectivity index (χ4v) is 4.40. The van der Waals surface area contributed by atoms with Gasteiger partial charge in [-0.15, -0.1) is 0 Å². The number of unbranched alkanes of at least 4 members (excludes halogenated alkanes) is 16. The molecule has 4 atom stereocenters. The fourth-order valence-electron chi connectivity index (χ4n) is 4.40. The van der Waals surface area contributed by atoms with Crippen LogP contribution in [-0.2, 0) is 4.79 Å². The molecule has 0 aliphatic heterocycles. The quantitative estimate of drug-likeness (QED) is 0.111. The highest BCUT2D eigenvalue weighted by Gasteiger charge is 2.28. The van der Waals surface area contributed by atoms with Crippen LogP contribution in [0.25, 0.3) is 0 Å². The average Bonchev–Trinajstić information content (AvgIpc) is 2.84. The SMILES string of the molecule is CCCCCCCCCCCCCCCCC(O)C(=O)NC(CO)C(O)C(O)CCCCCC. The van der Waals surface area contributed by atoms with Crippen molar-refractivity contribution in [2.75, 3.05) is 6.61 Å². The first-order valence-electron chi connectivity index (χ1n) is 14.4. The number of rotatable bonds is 25. The maximum atomic E-state index is 12.2. The Hall–Kier alpha value is -0.690. The van der Waals surface area contributed by atoms with E-state index in [1.165, 1.54) is 70.6 Å². The summed E-state index contributed by atoms with van der Waals surface area (Å²) in [7, 11) is 0. The van der Waals surface area contributed by atoms with Crippen LogP contribution < -0.4 is 5.32 Å². The second-order valence-electron chi connectivity index (χ2n) is 10.1.